The van der Waals surface area contributed by atoms with Gasteiger partial charge in [0.2, 0.25) is 5.76 Å². The second-order valence-electron chi connectivity index (χ2n) is 8.77. The normalized spacial score (nSPS) is 14.8. The monoisotopic (exact) mass is 503 g/mol. The zero-order valence-electron chi connectivity index (χ0n) is 20.3. The van der Waals surface area contributed by atoms with Crippen molar-refractivity contribution in [3.05, 3.63) is 104 Å². The molecule has 4 aromatic rings. The molecule has 0 N–H and O–H groups in total. The first-order chi connectivity index (χ1) is 17.4. The highest BCUT2D eigenvalue weighted by Crippen LogP contribution is 2.39. The van der Waals surface area contributed by atoms with E-state index in [1.165, 1.54) is 0 Å². The van der Waals surface area contributed by atoms with Gasteiger partial charge in [-0.3, -0.25) is 9.59 Å². The average Bonchev–Trinajstić information content (AvgIpc) is 3.16. The smallest absolute Gasteiger partial charge is 0.290 e. The summed E-state index contributed by atoms with van der Waals surface area (Å²) < 4.78 is 16.9. The van der Waals surface area contributed by atoms with E-state index in [-0.39, 0.29) is 17.1 Å². The number of halogens is 1. The quantitative estimate of drug-likeness (QED) is 0.312. The van der Waals surface area contributed by atoms with Crippen LogP contribution in [0.3, 0.4) is 0 Å². The molecule has 1 aliphatic rings. The second-order valence-corrected chi connectivity index (χ2v) is 9.18. The van der Waals surface area contributed by atoms with Crippen molar-refractivity contribution in [3.8, 4) is 11.5 Å². The largest absolute Gasteiger partial charge is 0.497 e. The number of rotatable bonds is 7. The maximum Gasteiger partial charge on any atom is 0.290 e. The molecule has 5 rings (SSSR count). The van der Waals surface area contributed by atoms with Crippen molar-refractivity contribution in [1.29, 1.82) is 0 Å². The van der Waals surface area contributed by atoms with Crippen molar-refractivity contribution in [1.82, 2.24) is 4.90 Å². The average molecular weight is 504 g/mol. The number of fused-ring (bicyclic) bond motifs is 2. The predicted molar refractivity (Wildman–Crippen MR) is 139 cm³/mol. The summed E-state index contributed by atoms with van der Waals surface area (Å²) in [5.41, 5.74) is 3.09. The van der Waals surface area contributed by atoms with Crippen LogP contribution in [0, 0.1) is 6.92 Å². The number of amides is 1. The molecular formula is C29H26ClNO5. The van der Waals surface area contributed by atoms with Crippen LogP contribution in [0.5, 0.6) is 11.5 Å². The summed E-state index contributed by atoms with van der Waals surface area (Å²) in [6.07, 6.45) is 0.607. The highest BCUT2D eigenvalue weighted by atomic mass is 35.5. The lowest BCUT2D eigenvalue weighted by Crippen LogP contribution is -2.31. The fourth-order valence-corrected chi connectivity index (χ4v) is 4.84. The van der Waals surface area contributed by atoms with Gasteiger partial charge in [0.15, 0.2) is 5.43 Å². The third kappa shape index (κ3) is 4.22. The summed E-state index contributed by atoms with van der Waals surface area (Å²) in [7, 11) is 1.62. The molecule has 0 saturated heterocycles. The van der Waals surface area contributed by atoms with E-state index in [0.29, 0.717) is 41.1 Å². The van der Waals surface area contributed by atoms with Gasteiger partial charge >= 0.3 is 0 Å². The van der Waals surface area contributed by atoms with Crippen LogP contribution in [0.2, 0.25) is 5.02 Å². The lowest BCUT2D eigenvalue weighted by Gasteiger charge is -2.25. The van der Waals surface area contributed by atoms with Crippen LogP contribution in [0.15, 0.2) is 69.9 Å². The Morgan fingerprint density at radius 3 is 2.36 bits per heavy atom. The summed E-state index contributed by atoms with van der Waals surface area (Å²) >= 11 is 6.33. The molecule has 6 nitrogen and oxygen atoms in total. The summed E-state index contributed by atoms with van der Waals surface area (Å²) in [6.45, 7) is 4.71. The third-order valence-electron chi connectivity index (χ3n) is 6.55. The van der Waals surface area contributed by atoms with Gasteiger partial charge in [-0.2, -0.15) is 0 Å². The van der Waals surface area contributed by atoms with Crippen LogP contribution in [-0.2, 0) is 6.42 Å². The van der Waals surface area contributed by atoms with E-state index < -0.39 is 6.04 Å². The van der Waals surface area contributed by atoms with E-state index in [1.54, 1.807) is 24.1 Å². The molecule has 0 saturated carbocycles. The molecule has 0 aliphatic carbocycles. The molecule has 1 atom stereocenters. The minimum absolute atomic E-state index is 0.0860. The Labute approximate surface area is 214 Å². The van der Waals surface area contributed by atoms with Crippen LogP contribution >= 0.6 is 11.6 Å². The maximum atomic E-state index is 13.7. The Bertz CT molecular complexity index is 1490. The maximum absolute atomic E-state index is 13.7. The lowest BCUT2D eigenvalue weighted by molar-refractivity contribution is 0.0730. The van der Waals surface area contributed by atoms with Crippen molar-refractivity contribution in [3.63, 3.8) is 0 Å². The lowest BCUT2D eigenvalue weighted by atomic mass is 9.98. The number of aryl methyl sites for hydroxylation is 1. The predicted octanol–water partition coefficient (Wildman–Crippen LogP) is 5.95. The summed E-state index contributed by atoms with van der Waals surface area (Å²) in [6, 6.07) is 18.0. The Balaban J connectivity index is 1.60. The van der Waals surface area contributed by atoms with Gasteiger partial charge in [0.25, 0.3) is 5.91 Å². The Morgan fingerprint density at radius 2 is 1.69 bits per heavy atom. The molecule has 0 bridgehead atoms. The van der Waals surface area contributed by atoms with Gasteiger partial charge in [-0.15, -0.1) is 0 Å². The summed E-state index contributed by atoms with van der Waals surface area (Å²) in [5, 5.41) is 0.846. The van der Waals surface area contributed by atoms with Crippen molar-refractivity contribution >= 4 is 28.5 Å². The van der Waals surface area contributed by atoms with Gasteiger partial charge in [-0.05, 0) is 73.4 Å². The van der Waals surface area contributed by atoms with E-state index in [9.17, 15) is 9.59 Å². The van der Waals surface area contributed by atoms with E-state index in [4.69, 9.17) is 25.5 Å². The minimum atomic E-state index is -0.581. The van der Waals surface area contributed by atoms with Crippen molar-refractivity contribution < 1.29 is 18.7 Å². The molecule has 0 spiro atoms. The van der Waals surface area contributed by atoms with Crippen molar-refractivity contribution in [2.75, 3.05) is 20.3 Å². The molecule has 2 heterocycles. The number of nitrogens with zero attached hydrogens (tertiary/aromatic N) is 1. The molecule has 0 radical (unpaired) electrons. The van der Waals surface area contributed by atoms with Crippen LogP contribution < -0.4 is 14.9 Å². The van der Waals surface area contributed by atoms with Gasteiger partial charge in [0.1, 0.15) is 17.1 Å². The molecular weight excluding hydrogens is 478 g/mol. The van der Waals surface area contributed by atoms with Crippen molar-refractivity contribution in [2.45, 2.75) is 26.3 Å². The van der Waals surface area contributed by atoms with Crippen LogP contribution in [0.1, 0.15) is 45.8 Å². The standard InChI is InChI=1S/C29H26ClNO5/c1-4-35-21-11-7-19(8-12-21)26-25-27(32)22-16-23(30)17(2)15-24(22)36-28(25)29(33)31(26)14-13-18-5-9-20(34-3)10-6-18/h5-12,15-16,26H,4,13-14H2,1-3H3/t26-/m1/s1. The molecule has 1 aliphatic heterocycles. The van der Waals surface area contributed by atoms with E-state index in [1.807, 2.05) is 62.4 Å². The van der Waals surface area contributed by atoms with E-state index in [0.717, 1.165) is 28.2 Å². The number of carbonyl (C=O) groups is 1. The second kappa shape index (κ2) is 9.70. The topological polar surface area (TPSA) is 69.0 Å². The SMILES string of the molecule is CCOc1ccc([C@@H]2c3c(oc4cc(C)c(Cl)cc4c3=O)C(=O)N2CCc2ccc(OC)cc2)cc1. The third-order valence-corrected chi connectivity index (χ3v) is 6.96. The van der Waals surface area contributed by atoms with Gasteiger partial charge < -0.3 is 18.8 Å². The van der Waals surface area contributed by atoms with Crippen LogP contribution in [0.4, 0.5) is 0 Å². The zero-order chi connectivity index (χ0) is 25.4. The molecule has 184 valence electrons. The van der Waals surface area contributed by atoms with Gasteiger partial charge in [-0.25, -0.2) is 0 Å². The first-order valence-electron chi connectivity index (χ1n) is 11.8. The fraction of sp³-hybridized carbons (Fsp3) is 0.241. The number of hydrogen-bond donors (Lipinski definition) is 0. The van der Waals surface area contributed by atoms with Crippen LogP contribution in [0.25, 0.3) is 11.0 Å². The summed E-state index contributed by atoms with van der Waals surface area (Å²) in [4.78, 5) is 29.1. The van der Waals surface area contributed by atoms with Gasteiger partial charge in [0.05, 0.1) is 30.7 Å². The Morgan fingerprint density at radius 1 is 1.00 bits per heavy atom. The number of benzene rings is 3. The molecule has 1 aromatic heterocycles. The first-order valence-corrected chi connectivity index (χ1v) is 12.2. The van der Waals surface area contributed by atoms with Crippen molar-refractivity contribution in [2.24, 2.45) is 0 Å². The number of carbonyl (C=O) groups excluding carboxylic acids is 1. The van der Waals surface area contributed by atoms with Crippen LogP contribution in [-0.4, -0.2) is 31.1 Å². The Hall–Kier alpha value is -3.77. The number of hydrogen-bond acceptors (Lipinski definition) is 5. The molecule has 36 heavy (non-hydrogen) atoms. The minimum Gasteiger partial charge on any atom is -0.497 e. The van der Waals surface area contributed by atoms with E-state index >= 15 is 0 Å². The summed E-state index contributed by atoms with van der Waals surface area (Å²) in [5.74, 6) is 1.28. The zero-order valence-corrected chi connectivity index (χ0v) is 21.1. The van der Waals surface area contributed by atoms with Gasteiger partial charge in [0, 0.05) is 11.6 Å². The molecule has 0 unspecified atom stereocenters. The number of ether oxygens (including phenoxy) is 2. The molecule has 1 amide bonds. The Kier molecular flexibility index (Phi) is 6.46. The van der Waals surface area contributed by atoms with E-state index in [2.05, 4.69) is 0 Å². The number of methoxy groups -OCH3 is 1. The highest BCUT2D eigenvalue weighted by Gasteiger charge is 2.42. The molecule has 0 fully saturated rings. The fourth-order valence-electron chi connectivity index (χ4n) is 4.67. The van der Waals surface area contributed by atoms with Gasteiger partial charge in [-0.1, -0.05) is 35.9 Å². The first kappa shape index (κ1) is 23.9. The molecule has 3 aromatic carbocycles. The highest BCUT2D eigenvalue weighted by molar-refractivity contribution is 6.32. The molecule has 7 heteroatoms.